The summed E-state index contributed by atoms with van der Waals surface area (Å²) in [6.45, 7) is 0. The molecule has 0 aliphatic carbocycles. The molecule has 0 aromatic heterocycles. The van der Waals surface area contributed by atoms with Crippen LogP contribution in [0.4, 0.5) is 17.1 Å². The first-order valence-corrected chi connectivity index (χ1v) is 18.2. The highest BCUT2D eigenvalue weighted by Crippen LogP contribution is 2.39. The van der Waals surface area contributed by atoms with Crippen LogP contribution in [-0.2, 0) is 0 Å². The van der Waals surface area contributed by atoms with E-state index in [0.29, 0.717) is 0 Å². The van der Waals surface area contributed by atoms with E-state index < -0.39 is 0 Å². The fraction of sp³-hybridized carbons (Fsp3) is 0. The summed E-state index contributed by atoms with van der Waals surface area (Å²) in [6.07, 6.45) is 0. The molecule has 9 aromatic carbocycles. The van der Waals surface area contributed by atoms with Gasteiger partial charge in [0.2, 0.25) is 0 Å². The molecule has 0 saturated heterocycles. The fourth-order valence-electron chi connectivity index (χ4n) is 7.31. The van der Waals surface area contributed by atoms with Crippen molar-refractivity contribution in [1.82, 2.24) is 0 Å². The maximum absolute atomic E-state index is 2.36. The summed E-state index contributed by atoms with van der Waals surface area (Å²) in [4.78, 5) is 2.36. The monoisotopic (exact) mass is 675 g/mol. The van der Waals surface area contributed by atoms with E-state index in [1.807, 2.05) is 0 Å². The van der Waals surface area contributed by atoms with Crippen molar-refractivity contribution in [1.29, 1.82) is 0 Å². The van der Waals surface area contributed by atoms with E-state index in [-0.39, 0.29) is 0 Å². The summed E-state index contributed by atoms with van der Waals surface area (Å²) in [5.41, 5.74) is 15.4. The maximum atomic E-state index is 2.36. The lowest BCUT2D eigenvalue weighted by molar-refractivity contribution is 1.28. The van der Waals surface area contributed by atoms with Crippen LogP contribution in [0.5, 0.6) is 0 Å². The predicted octanol–water partition coefficient (Wildman–Crippen LogP) is 14.6. The highest BCUT2D eigenvalue weighted by atomic mass is 15.1. The summed E-state index contributed by atoms with van der Waals surface area (Å²) in [5, 5.41) is 2.50. The lowest BCUT2D eigenvalue weighted by atomic mass is 9.97. The maximum Gasteiger partial charge on any atom is 0.0467 e. The minimum atomic E-state index is 1.10. The van der Waals surface area contributed by atoms with Gasteiger partial charge in [-0.15, -0.1) is 0 Å². The zero-order valence-corrected chi connectivity index (χ0v) is 29.3. The van der Waals surface area contributed by atoms with Gasteiger partial charge in [-0.2, -0.15) is 0 Å². The lowest BCUT2D eigenvalue weighted by Gasteiger charge is -2.26. The third-order valence-electron chi connectivity index (χ3n) is 10.1. The Kier molecular flexibility index (Phi) is 8.66. The van der Waals surface area contributed by atoms with Crippen LogP contribution in [0, 0.1) is 0 Å². The second-order valence-electron chi connectivity index (χ2n) is 13.4. The van der Waals surface area contributed by atoms with Crippen molar-refractivity contribution in [3.8, 4) is 55.6 Å². The average Bonchev–Trinajstić information content (AvgIpc) is 3.25. The van der Waals surface area contributed by atoms with E-state index in [1.54, 1.807) is 0 Å². The first-order valence-electron chi connectivity index (χ1n) is 18.2. The molecule has 0 unspecified atom stereocenters. The molecule has 53 heavy (non-hydrogen) atoms. The molecule has 0 atom stereocenters. The average molecular weight is 676 g/mol. The topological polar surface area (TPSA) is 3.24 Å². The summed E-state index contributed by atoms with van der Waals surface area (Å²) >= 11 is 0. The fourth-order valence-corrected chi connectivity index (χ4v) is 7.31. The van der Waals surface area contributed by atoms with E-state index >= 15 is 0 Å². The van der Waals surface area contributed by atoms with E-state index in [0.717, 1.165) is 17.1 Å². The molecule has 0 saturated carbocycles. The van der Waals surface area contributed by atoms with Gasteiger partial charge in [0.05, 0.1) is 0 Å². The van der Waals surface area contributed by atoms with Crippen molar-refractivity contribution in [2.24, 2.45) is 0 Å². The molecule has 0 fully saturated rings. The van der Waals surface area contributed by atoms with Crippen LogP contribution < -0.4 is 4.90 Å². The Balaban J connectivity index is 1.07. The van der Waals surface area contributed by atoms with Crippen LogP contribution >= 0.6 is 0 Å². The third kappa shape index (κ3) is 6.65. The van der Waals surface area contributed by atoms with Gasteiger partial charge in [-0.05, 0) is 103 Å². The molecule has 0 bridgehead atoms. The van der Waals surface area contributed by atoms with Crippen LogP contribution in [0.1, 0.15) is 0 Å². The number of nitrogens with zero attached hydrogens (tertiary/aromatic N) is 1. The van der Waals surface area contributed by atoms with Crippen LogP contribution in [-0.4, -0.2) is 0 Å². The standard InChI is InChI=1S/C52H37N/c1-3-11-38(12-4-1)40-21-25-42(26-22-40)44-29-33-48(34-30-44)53(50-18-9-17-47(37-50)52-20-10-16-46-15-7-8-19-51(46)52)49-35-31-45(32-36-49)43-27-23-41(24-28-43)39-13-5-2-6-14-39/h1-37H. The largest absolute Gasteiger partial charge is 0.310 e. The van der Waals surface area contributed by atoms with Crippen molar-refractivity contribution < 1.29 is 0 Å². The van der Waals surface area contributed by atoms with Crippen LogP contribution in [0.3, 0.4) is 0 Å². The second-order valence-corrected chi connectivity index (χ2v) is 13.4. The summed E-state index contributed by atoms with van der Waals surface area (Å²) in [5.74, 6) is 0. The van der Waals surface area contributed by atoms with E-state index in [1.165, 1.54) is 66.4 Å². The summed E-state index contributed by atoms with van der Waals surface area (Å²) in [7, 11) is 0. The number of anilines is 3. The van der Waals surface area contributed by atoms with Crippen molar-refractivity contribution in [2.45, 2.75) is 0 Å². The molecule has 1 heteroatoms. The number of fused-ring (bicyclic) bond motifs is 1. The van der Waals surface area contributed by atoms with Gasteiger partial charge in [-0.1, -0.05) is 188 Å². The number of hydrogen-bond acceptors (Lipinski definition) is 1. The molecule has 9 rings (SSSR count). The van der Waals surface area contributed by atoms with Crippen LogP contribution in [0.25, 0.3) is 66.4 Å². The van der Waals surface area contributed by atoms with Gasteiger partial charge in [0.15, 0.2) is 0 Å². The first-order chi connectivity index (χ1) is 26.3. The van der Waals surface area contributed by atoms with Gasteiger partial charge in [0.1, 0.15) is 0 Å². The zero-order valence-electron chi connectivity index (χ0n) is 29.3. The van der Waals surface area contributed by atoms with Crippen molar-refractivity contribution >= 4 is 27.8 Å². The summed E-state index contributed by atoms with van der Waals surface area (Å²) in [6, 6.07) is 80.7. The SMILES string of the molecule is c1ccc(-c2ccc(-c3ccc(N(c4ccc(-c5ccc(-c6ccccc6)cc5)cc4)c4cccc(-c5cccc6ccccc56)c4)cc3)cc2)cc1. The Labute approximate surface area is 311 Å². The van der Waals surface area contributed by atoms with Gasteiger partial charge in [-0.3, -0.25) is 0 Å². The minimum absolute atomic E-state index is 1.10. The molecule has 0 heterocycles. The third-order valence-corrected chi connectivity index (χ3v) is 10.1. The van der Waals surface area contributed by atoms with Crippen molar-refractivity contribution in [3.05, 3.63) is 224 Å². The van der Waals surface area contributed by atoms with Crippen LogP contribution in [0.2, 0.25) is 0 Å². The molecule has 0 aliphatic heterocycles. The van der Waals surface area contributed by atoms with Gasteiger partial charge < -0.3 is 4.90 Å². The molecule has 0 aliphatic rings. The van der Waals surface area contributed by atoms with Gasteiger partial charge in [-0.25, -0.2) is 0 Å². The lowest BCUT2D eigenvalue weighted by Crippen LogP contribution is -2.10. The Morgan fingerprint density at radius 3 is 1.08 bits per heavy atom. The van der Waals surface area contributed by atoms with E-state index in [9.17, 15) is 0 Å². The highest BCUT2D eigenvalue weighted by Gasteiger charge is 2.15. The molecular formula is C52H37N. The highest BCUT2D eigenvalue weighted by molar-refractivity contribution is 5.97. The molecule has 0 N–H and O–H groups in total. The normalized spacial score (nSPS) is 11.0. The Bertz CT molecular complexity index is 2470. The zero-order chi connectivity index (χ0) is 35.4. The molecule has 0 radical (unpaired) electrons. The minimum Gasteiger partial charge on any atom is -0.310 e. The number of rotatable bonds is 8. The Morgan fingerprint density at radius 2 is 0.585 bits per heavy atom. The van der Waals surface area contributed by atoms with E-state index in [4.69, 9.17) is 0 Å². The second kappa shape index (κ2) is 14.3. The smallest absolute Gasteiger partial charge is 0.0467 e. The predicted molar refractivity (Wildman–Crippen MR) is 226 cm³/mol. The van der Waals surface area contributed by atoms with Crippen molar-refractivity contribution in [2.75, 3.05) is 4.90 Å². The molecule has 0 spiro atoms. The quantitative estimate of drug-likeness (QED) is 0.155. The van der Waals surface area contributed by atoms with Crippen LogP contribution in [0.15, 0.2) is 224 Å². The summed E-state index contributed by atoms with van der Waals surface area (Å²) < 4.78 is 0. The number of benzene rings is 9. The van der Waals surface area contributed by atoms with Gasteiger partial charge in [0.25, 0.3) is 0 Å². The molecular weight excluding hydrogens is 639 g/mol. The Hall–Kier alpha value is -6.96. The molecule has 0 amide bonds. The molecule has 1 nitrogen and oxygen atoms in total. The molecule has 250 valence electrons. The molecule has 9 aromatic rings. The van der Waals surface area contributed by atoms with Gasteiger partial charge >= 0.3 is 0 Å². The number of hydrogen-bond donors (Lipinski definition) is 0. The van der Waals surface area contributed by atoms with Crippen molar-refractivity contribution in [3.63, 3.8) is 0 Å². The van der Waals surface area contributed by atoms with Gasteiger partial charge in [0, 0.05) is 17.1 Å². The first kappa shape index (κ1) is 32.0. The Morgan fingerprint density at radius 1 is 0.226 bits per heavy atom. The van der Waals surface area contributed by atoms with E-state index in [2.05, 4.69) is 229 Å².